The number of benzene rings is 1. The molecule has 7 nitrogen and oxygen atoms in total. The Labute approximate surface area is 150 Å². The summed E-state index contributed by atoms with van der Waals surface area (Å²) in [5.74, 6) is -0.680. The van der Waals surface area contributed by atoms with Gasteiger partial charge in [0.2, 0.25) is 5.60 Å². The molecule has 0 saturated heterocycles. The minimum atomic E-state index is -1.24. The number of aromatic nitrogens is 1. The zero-order valence-electron chi connectivity index (χ0n) is 14.6. The number of hydrogen-bond acceptors (Lipinski definition) is 6. The van der Waals surface area contributed by atoms with Crippen molar-refractivity contribution in [1.29, 1.82) is 0 Å². The normalized spacial score (nSPS) is 11.2. The van der Waals surface area contributed by atoms with E-state index in [0.29, 0.717) is 17.1 Å². The number of esters is 1. The standard InChI is InChI=1S/C19H19NO6/c1-19(2,26-14-8-10-20-11-9-14)18(23)25-15-6-4-13(5-7-17(21)22)12-16(15)24-3/h4-12H,1-3H3,(H,21,22)/b7-5+. The molecule has 0 amide bonds. The second-order valence-corrected chi connectivity index (χ2v) is 5.77. The van der Waals surface area contributed by atoms with Crippen LogP contribution in [0.3, 0.4) is 0 Å². The van der Waals surface area contributed by atoms with E-state index in [4.69, 9.17) is 19.3 Å². The summed E-state index contributed by atoms with van der Waals surface area (Å²) in [5, 5.41) is 8.68. The fourth-order valence-corrected chi connectivity index (χ4v) is 2.01. The first-order valence-corrected chi connectivity index (χ1v) is 7.72. The molecule has 0 spiro atoms. The molecular formula is C19H19NO6. The Hall–Kier alpha value is -3.35. The predicted octanol–water partition coefficient (Wildman–Crippen LogP) is 2.95. The summed E-state index contributed by atoms with van der Waals surface area (Å²) >= 11 is 0. The molecular weight excluding hydrogens is 338 g/mol. The van der Waals surface area contributed by atoms with Crippen LogP contribution in [0, 0.1) is 0 Å². The van der Waals surface area contributed by atoms with E-state index in [-0.39, 0.29) is 5.75 Å². The summed E-state index contributed by atoms with van der Waals surface area (Å²) in [6.07, 6.45) is 5.53. The number of nitrogens with zero attached hydrogens (tertiary/aromatic N) is 1. The largest absolute Gasteiger partial charge is 0.493 e. The molecule has 7 heteroatoms. The molecule has 0 unspecified atom stereocenters. The van der Waals surface area contributed by atoms with Crippen LogP contribution in [0.1, 0.15) is 19.4 Å². The van der Waals surface area contributed by atoms with Gasteiger partial charge in [-0.3, -0.25) is 4.98 Å². The van der Waals surface area contributed by atoms with Crippen molar-refractivity contribution in [3.8, 4) is 17.2 Å². The Kier molecular flexibility index (Phi) is 5.95. The fraction of sp³-hybridized carbons (Fsp3) is 0.211. The van der Waals surface area contributed by atoms with Gasteiger partial charge in [-0.15, -0.1) is 0 Å². The van der Waals surface area contributed by atoms with Crippen LogP contribution in [0.4, 0.5) is 0 Å². The Bertz CT molecular complexity index is 814. The highest BCUT2D eigenvalue weighted by Gasteiger charge is 2.33. The third-order valence-corrected chi connectivity index (χ3v) is 3.32. The van der Waals surface area contributed by atoms with Crippen LogP contribution in [0.2, 0.25) is 0 Å². The van der Waals surface area contributed by atoms with Gasteiger partial charge < -0.3 is 19.3 Å². The highest BCUT2D eigenvalue weighted by molar-refractivity contribution is 5.85. The molecule has 0 atom stereocenters. The third-order valence-electron chi connectivity index (χ3n) is 3.32. The minimum absolute atomic E-state index is 0.205. The monoisotopic (exact) mass is 357 g/mol. The second-order valence-electron chi connectivity index (χ2n) is 5.77. The van der Waals surface area contributed by atoms with Gasteiger partial charge in [-0.2, -0.15) is 0 Å². The lowest BCUT2D eigenvalue weighted by atomic mass is 10.1. The van der Waals surface area contributed by atoms with Crippen molar-refractivity contribution < 1.29 is 28.9 Å². The molecule has 2 rings (SSSR count). The molecule has 0 bridgehead atoms. The van der Waals surface area contributed by atoms with Gasteiger partial charge >= 0.3 is 11.9 Å². The van der Waals surface area contributed by atoms with Gasteiger partial charge in [0.05, 0.1) is 7.11 Å². The highest BCUT2D eigenvalue weighted by Crippen LogP contribution is 2.30. The number of carbonyl (C=O) groups is 2. The van der Waals surface area contributed by atoms with Gasteiger partial charge in [0.1, 0.15) is 5.75 Å². The van der Waals surface area contributed by atoms with Gasteiger partial charge in [-0.25, -0.2) is 9.59 Å². The highest BCUT2D eigenvalue weighted by atomic mass is 16.6. The molecule has 1 aromatic carbocycles. The quantitative estimate of drug-likeness (QED) is 0.462. The van der Waals surface area contributed by atoms with Crippen LogP contribution in [0.5, 0.6) is 17.2 Å². The van der Waals surface area contributed by atoms with Crippen LogP contribution in [-0.4, -0.2) is 34.7 Å². The van der Waals surface area contributed by atoms with Gasteiger partial charge in [0.15, 0.2) is 11.5 Å². The van der Waals surface area contributed by atoms with Crippen LogP contribution in [0.25, 0.3) is 6.08 Å². The molecule has 0 aliphatic heterocycles. The van der Waals surface area contributed by atoms with Crippen molar-refractivity contribution in [2.45, 2.75) is 19.4 Å². The summed E-state index contributed by atoms with van der Waals surface area (Å²) in [6.45, 7) is 3.18. The maximum atomic E-state index is 12.5. The molecule has 2 aromatic rings. The number of carboxylic acid groups (broad SMARTS) is 1. The first-order chi connectivity index (χ1) is 12.3. The fourth-order valence-electron chi connectivity index (χ4n) is 2.01. The van der Waals surface area contributed by atoms with E-state index in [1.165, 1.54) is 19.3 Å². The van der Waals surface area contributed by atoms with E-state index in [1.807, 2.05) is 0 Å². The van der Waals surface area contributed by atoms with E-state index in [0.717, 1.165) is 6.08 Å². The Morgan fingerprint density at radius 3 is 2.42 bits per heavy atom. The van der Waals surface area contributed by atoms with Gasteiger partial charge in [-0.05, 0) is 49.8 Å². The lowest BCUT2D eigenvalue weighted by Gasteiger charge is -2.24. The molecule has 0 aliphatic rings. The Morgan fingerprint density at radius 1 is 1.12 bits per heavy atom. The SMILES string of the molecule is COc1cc(/C=C/C(=O)O)ccc1OC(=O)C(C)(C)Oc1ccncc1. The smallest absolute Gasteiger partial charge is 0.355 e. The molecule has 1 N–H and O–H groups in total. The summed E-state index contributed by atoms with van der Waals surface area (Å²) in [5.41, 5.74) is -0.648. The first-order valence-electron chi connectivity index (χ1n) is 7.72. The number of hydrogen-bond donors (Lipinski definition) is 1. The average molecular weight is 357 g/mol. The molecule has 0 fully saturated rings. The molecule has 0 aliphatic carbocycles. The van der Waals surface area contributed by atoms with Crippen LogP contribution in [0.15, 0.2) is 48.8 Å². The minimum Gasteiger partial charge on any atom is -0.493 e. The zero-order chi connectivity index (χ0) is 19.2. The van der Waals surface area contributed by atoms with E-state index >= 15 is 0 Å². The van der Waals surface area contributed by atoms with Crippen LogP contribution >= 0.6 is 0 Å². The van der Waals surface area contributed by atoms with Crippen LogP contribution in [-0.2, 0) is 9.59 Å². The number of carboxylic acids is 1. The topological polar surface area (TPSA) is 95.0 Å². The summed E-state index contributed by atoms with van der Waals surface area (Å²) in [4.78, 5) is 27.0. The third kappa shape index (κ3) is 5.07. The molecule has 1 heterocycles. The van der Waals surface area contributed by atoms with Crippen molar-refractivity contribution in [2.24, 2.45) is 0 Å². The zero-order valence-corrected chi connectivity index (χ0v) is 14.6. The molecule has 0 radical (unpaired) electrons. The maximum Gasteiger partial charge on any atom is 0.355 e. The van der Waals surface area contributed by atoms with Crippen molar-refractivity contribution in [1.82, 2.24) is 4.98 Å². The van der Waals surface area contributed by atoms with Crippen LogP contribution < -0.4 is 14.2 Å². The Morgan fingerprint density at radius 2 is 1.81 bits per heavy atom. The second kappa shape index (κ2) is 8.15. The number of ether oxygens (including phenoxy) is 3. The molecule has 26 heavy (non-hydrogen) atoms. The maximum absolute atomic E-state index is 12.5. The molecule has 1 aromatic heterocycles. The van der Waals surface area contributed by atoms with E-state index in [1.54, 1.807) is 50.5 Å². The number of methoxy groups -OCH3 is 1. The number of aliphatic carboxylic acids is 1. The van der Waals surface area contributed by atoms with Gasteiger partial charge in [-0.1, -0.05) is 6.07 Å². The average Bonchev–Trinajstić information content (AvgIpc) is 2.61. The van der Waals surface area contributed by atoms with Gasteiger partial charge in [0.25, 0.3) is 0 Å². The van der Waals surface area contributed by atoms with E-state index in [9.17, 15) is 9.59 Å². The van der Waals surface area contributed by atoms with Crippen molar-refractivity contribution in [3.05, 3.63) is 54.4 Å². The number of rotatable bonds is 7. The summed E-state index contributed by atoms with van der Waals surface area (Å²) < 4.78 is 16.3. The van der Waals surface area contributed by atoms with E-state index in [2.05, 4.69) is 4.98 Å². The molecule has 136 valence electrons. The van der Waals surface area contributed by atoms with Gasteiger partial charge in [0, 0.05) is 18.5 Å². The number of pyridine rings is 1. The number of carbonyl (C=O) groups excluding carboxylic acids is 1. The molecule has 0 saturated carbocycles. The van der Waals surface area contributed by atoms with Crippen molar-refractivity contribution in [3.63, 3.8) is 0 Å². The lowest BCUT2D eigenvalue weighted by Crippen LogP contribution is -2.41. The summed E-state index contributed by atoms with van der Waals surface area (Å²) in [6, 6.07) is 7.99. The van der Waals surface area contributed by atoms with Crippen molar-refractivity contribution in [2.75, 3.05) is 7.11 Å². The van der Waals surface area contributed by atoms with Crippen molar-refractivity contribution >= 4 is 18.0 Å². The Balaban J connectivity index is 2.15. The van der Waals surface area contributed by atoms with E-state index < -0.39 is 17.5 Å². The first kappa shape index (κ1) is 19.0. The summed E-state index contributed by atoms with van der Waals surface area (Å²) in [7, 11) is 1.43. The lowest BCUT2D eigenvalue weighted by molar-refractivity contribution is -0.149. The predicted molar refractivity (Wildman–Crippen MR) is 94.2 cm³/mol.